The summed E-state index contributed by atoms with van der Waals surface area (Å²) < 4.78 is 24.3. The molecule has 1 aromatic carbocycles. The number of rotatable bonds is 4. The van der Waals surface area contributed by atoms with E-state index >= 15 is 0 Å². The van der Waals surface area contributed by atoms with Crippen LogP contribution >= 0.6 is 0 Å². The first-order valence-electron chi connectivity index (χ1n) is 8.05. The summed E-state index contributed by atoms with van der Waals surface area (Å²) in [6.07, 6.45) is -0.617. The fourth-order valence-corrected chi connectivity index (χ4v) is 2.80. The van der Waals surface area contributed by atoms with E-state index in [1.54, 1.807) is 25.1 Å². The number of anilines is 1. The molecule has 2 heterocycles. The first-order valence-corrected chi connectivity index (χ1v) is 8.05. The van der Waals surface area contributed by atoms with Gasteiger partial charge in [-0.05, 0) is 37.6 Å². The van der Waals surface area contributed by atoms with Crippen LogP contribution in [0, 0.1) is 5.82 Å². The van der Waals surface area contributed by atoms with Crippen LogP contribution in [-0.2, 0) is 6.42 Å². The van der Waals surface area contributed by atoms with E-state index in [0.29, 0.717) is 24.6 Å². The second kappa shape index (κ2) is 6.96. The molecule has 0 bridgehead atoms. The summed E-state index contributed by atoms with van der Waals surface area (Å²) in [6.45, 7) is 4.26. The third-order valence-corrected chi connectivity index (χ3v) is 3.96. The zero-order valence-electron chi connectivity index (χ0n) is 14.0. The van der Waals surface area contributed by atoms with Crippen LogP contribution in [0.4, 0.5) is 14.9 Å². The molecule has 6 nitrogen and oxygen atoms in total. The van der Waals surface area contributed by atoms with Gasteiger partial charge in [-0.15, -0.1) is 0 Å². The highest BCUT2D eigenvalue weighted by atomic mass is 19.1. The monoisotopic (exact) mass is 346 g/mol. The zero-order chi connectivity index (χ0) is 18.0. The number of carbonyl (C=O) groups is 1. The van der Waals surface area contributed by atoms with Gasteiger partial charge in [0.2, 0.25) is 11.8 Å². The third-order valence-electron chi connectivity index (χ3n) is 3.96. The number of hydrogen-bond acceptors (Lipinski definition) is 4. The summed E-state index contributed by atoms with van der Waals surface area (Å²) in [7, 11) is 0. The molecule has 0 aliphatic carbocycles. The van der Waals surface area contributed by atoms with Gasteiger partial charge in [0.15, 0.2) is 0 Å². The second-order valence-corrected chi connectivity index (χ2v) is 5.83. The molecule has 25 heavy (non-hydrogen) atoms. The second-order valence-electron chi connectivity index (χ2n) is 5.83. The largest absolute Gasteiger partial charge is 0.478 e. The number of halogens is 1. The minimum Gasteiger partial charge on any atom is -0.478 e. The van der Waals surface area contributed by atoms with Crippen LogP contribution in [0.5, 0.6) is 11.8 Å². The number of nitrogens with zero attached hydrogens (tertiary/aromatic N) is 2. The van der Waals surface area contributed by atoms with Gasteiger partial charge in [0, 0.05) is 12.0 Å². The summed E-state index contributed by atoms with van der Waals surface area (Å²) in [4.78, 5) is 17.2. The first kappa shape index (κ1) is 17.0. The van der Waals surface area contributed by atoms with E-state index in [2.05, 4.69) is 4.98 Å². The maximum absolute atomic E-state index is 13.1. The van der Waals surface area contributed by atoms with Crippen molar-refractivity contribution < 1.29 is 23.8 Å². The van der Waals surface area contributed by atoms with Crippen molar-refractivity contribution in [3.05, 3.63) is 47.3 Å². The lowest BCUT2D eigenvalue weighted by molar-refractivity contribution is 0.187. The fraction of sp³-hybridized carbons (Fsp3) is 0.333. The number of carboxylic acid groups (broad SMARTS) is 1. The molecule has 0 saturated heterocycles. The van der Waals surface area contributed by atoms with Crippen LogP contribution in [0.15, 0.2) is 30.3 Å². The number of fused-ring (bicyclic) bond motifs is 1. The molecule has 1 aromatic heterocycles. The summed E-state index contributed by atoms with van der Waals surface area (Å²) in [6, 6.07) is 7.54. The van der Waals surface area contributed by atoms with Crippen molar-refractivity contribution in [2.75, 3.05) is 18.1 Å². The van der Waals surface area contributed by atoms with Gasteiger partial charge in [0.1, 0.15) is 18.1 Å². The number of hydrogen-bond donors (Lipinski definition) is 1. The Balaban J connectivity index is 2.03. The van der Waals surface area contributed by atoms with Gasteiger partial charge in [0.05, 0.1) is 12.6 Å². The van der Waals surface area contributed by atoms with Crippen molar-refractivity contribution in [2.24, 2.45) is 0 Å². The lowest BCUT2D eigenvalue weighted by atomic mass is 10.0. The minimum atomic E-state index is -1.06. The Kier molecular flexibility index (Phi) is 4.74. The molecule has 0 saturated carbocycles. The van der Waals surface area contributed by atoms with Crippen LogP contribution in [0.2, 0.25) is 0 Å². The number of benzene rings is 1. The molecule has 1 aliphatic heterocycles. The normalized spacial score (nSPS) is 16.1. The Bertz CT molecular complexity index is 779. The van der Waals surface area contributed by atoms with Crippen molar-refractivity contribution in [2.45, 2.75) is 26.3 Å². The van der Waals surface area contributed by atoms with Crippen molar-refractivity contribution >= 4 is 11.8 Å². The molecule has 0 fully saturated rings. The summed E-state index contributed by atoms with van der Waals surface area (Å²) in [5.41, 5.74) is 1.98. The van der Waals surface area contributed by atoms with E-state index in [4.69, 9.17) is 9.47 Å². The van der Waals surface area contributed by atoms with E-state index in [1.807, 2.05) is 6.92 Å². The average molecular weight is 346 g/mol. The lowest BCUT2D eigenvalue weighted by Crippen LogP contribution is -2.44. The summed E-state index contributed by atoms with van der Waals surface area (Å²) in [5, 5.41) is 9.51. The molecule has 1 N–H and O–H groups in total. The molecule has 132 valence electrons. The van der Waals surface area contributed by atoms with Crippen LogP contribution in [0.25, 0.3) is 0 Å². The van der Waals surface area contributed by atoms with Gasteiger partial charge >= 0.3 is 6.09 Å². The van der Waals surface area contributed by atoms with Gasteiger partial charge in [-0.1, -0.05) is 12.1 Å². The van der Waals surface area contributed by atoms with Crippen LogP contribution < -0.4 is 14.4 Å². The molecule has 1 amide bonds. The van der Waals surface area contributed by atoms with Crippen molar-refractivity contribution in [3.63, 3.8) is 0 Å². The van der Waals surface area contributed by atoms with Gasteiger partial charge in [0.25, 0.3) is 0 Å². The van der Waals surface area contributed by atoms with E-state index in [-0.39, 0.29) is 24.3 Å². The number of pyridine rings is 1. The SMILES string of the molecule is CCOc1nc2c(cc1Cc1ccc(F)cc1)N(C(=O)O)[C@@H](C)CO2. The Morgan fingerprint density at radius 2 is 2.16 bits per heavy atom. The Morgan fingerprint density at radius 3 is 2.80 bits per heavy atom. The molecule has 1 aliphatic rings. The van der Waals surface area contributed by atoms with Gasteiger partial charge in [-0.3, -0.25) is 4.90 Å². The fourth-order valence-electron chi connectivity index (χ4n) is 2.80. The molecule has 3 rings (SSSR count). The predicted molar refractivity (Wildman–Crippen MR) is 90.1 cm³/mol. The maximum Gasteiger partial charge on any atom is 0.412 e. The topological polar surface area (TPSA) is 71.9 Å². The number of amides is 1. The molecule has 2 aromatic rings. The van der Waals surface area contributed by atoms with Crippen LogP contribution in [0.3, 0.4) is 0 Å². The van der Waals surface area contributed by atoms with Crippen molar-refractivity contribution in [1.29, 1.82) is 0 Å². The molecule has 0 unspecified atom stereocenters. The standard InChI is InChI=1S/C18H19FN2O4/c1-3-24-16-13(8-12-4-6-14(19)7-5-12)9-15-17(20-16)25-10-11(2)21(15)18(22)23/h4-7,9,11H,3,8,10H2,1-2H3,(H,22,23)/t11-/m0/s1. The summed E-state index contributed by atoms with van der Waals surface area (Å²) >= 11 is 0. The lowest BCUT2D eigenvalue weighted by Gasteiger charge is -2.32. The smallest absolute Gasteiger partial charge is 0.412 e. The molecule has 0 spiro atoms. The van der Waals surface area contributed by atoms with Gasteiger partial charge in [-0.2, -0.15) is 4.98 Å². The Hall–Kier alpha value is -2.83. The van der Waals surface area contributed by atoms with Crippen LogP contribution in [-0.4, -0.2) is 35.4 Å². The quantitative estimate of drug-likeness (QED) is 0.918. The highest BCUT2D eigenvalue weighted by Crippen LogP contribution is 2.37. The maximum atomic E-state index is 13.1. The third kappa shape index (κ3) is 3.50. The summed E-state index contributed by atoms with van der Waals surface area (Å²) in [5.74, 6) is 0.328. The average Bonchev–Trinajstić information content (AvgIpc) is 2.57. The molecular formula is C18H19FN2O4. The van der Waals surface area contributed by atoms with E-state index in [0.717, 1.165) is 11.1 Å². The van der Waals surface area contributed by atoms with E-state index in [9.17, 15) is 14.3 Å². The minimum absolute atomic E-state index is 0.231. The zero-order valence-corrected chi connectivity index (χ0v) is 14.0. The predicted octanol–water partition coefficient (Wildman–Crippen LogP) is 3.48. The van der Waals surface area contributed by atoms with Gasteiger partial charge < -0.3 is 14.6 Å². The van der Waals surface area contributed by atoms with E-state index < -0.39 is 6.09 Å². The van der Waals surface area contributed by atoms with Crippen LogP contribution in [0.1, 0.15) is 25.0 Å². The molecule has 7 heteroatoms. The van der Waals surface area contributed by atoms with Crippen molar-refractivity contribution in [1.82, 2.24) is 4.98 Å². The Labute approximate surface area is 144 Å². The molecular weight excluding hydrogens is 327 g/mol. The number of ether oxygens (including phenoxy) is 2. The highest BCUT2D eigenvalue weighted by Gasteiger charge is 2.32. The molecule has 1 atom stereocenters. The molecule has 0 radical (unpaired) electrons. The number of aromatic nitrogens is 1. The first-order chi connectivity index (χ1) is 12.0. The van der Waals surface area contributed by atoms with Crippen molar-refractivity contribution in [3.8, 4) is 11.8 Å². The highest BCUT2D eigenvalue weighted by molar-refractivity contribution is 5.89. The van der Waals surface area contributed by atoms with Gasteiger partial charge in [-0.25, -0.2) is 9.18 Å². The van der Waals surface area contributed by atoms with E-state index in [1.165, 1.54) is 17.0 Å². The Morgan fingerprint density at radius 1 is 1.44 bits per heavy atom.